The molecule has 0 atom stereocenters. The summed E-state index contributed by atoms with van der Waals surface area (Å²) in [6.45, 7) is 12.4. The molecule has 17 heavy (non-hydrogen) atoms. The first-order valence-corrected chi connectivity index (χ1v) is 7.56. The van der Waals surface area contributed by atoms with Crippen LogP contribution in [0.3, 0.4) is 0 Å². The Hall–Kier alpha value is -0.380. The summed E-state index contributed by atoms with van der Waals surface area (Å²) in [5.74, 6) is 0. The Morgan fingerprint density at radius 3 is 2.65 bits per heavy atom. The zero-order valence-electron chi connectivity index (χ0n) is 11.5. The highest BCUT2D eigenvalue weighted by Crippen LogP contribution is 2.14. The number of unbranched alkanes of at least 4 members (excludes halogenated alkanes) is 1. The molecule has 1 rings (SSSR count). The van der Waals surface area contributed by atoms with Crippen LogP contribution in [0.1, 0.15) is 36.4 Å². The molecule has 1 heterocycles. The Morgan fingerprint density at radius 2 is 2.06 bits per heavy atom. The highest BCUT2D eigenvalue weighted by molar-refractivity contribution is 7.11. The third-order valence-corrected chi connectivity index (χ3v) is 3.98. The number of nitrogens with zero attached hydrogens (tertiary/aromatic N) is 1. The molecule has 0 spiro atoms. The lowest BCUT2D eigenvalue weighted by molar-refractivity contribution is 0.282. The van der Waals surface area contributed by atoms with Crippen molar-refractivity contribution >= 4 is 11.3 Å². The first-order chi connectivity index (χ1) is 8.26. The second kappa shape index (κ2) is 8.67. The van der Waals surface area contributed by atoms with Crippen LogP contribution in [0.4, 0.5) is 0 Å². The molecule has 0 aromatic carbocycles. The van der Waals surface area contributed by atoms with Crippen LogP contribution in [0, 0.1) is 6.92 Å². The monoisotopic (exact) mass is 254 g/mol. The topological polar surface area (TPSA) is 15.3 Å². The Labute approximate surface area is 110 Å². The number of thiophene rings is 1. The SMILES string of the molecule is CCCCN(CC)CCNCc1ccc(C)s1. The van der Waals surface area contributed by atoms with Crippen molar-refractivity contribution in [1.82, 2.24) is 10.2 Å². The van der Waals surface area contributed by atoms with Gasteiger partial charge in [0.15, 0.2) is 0 Å². The van der Waals surface area contributed by atoms with Crippen molar-refractivity contribution in [2.75, 3.05) is 26.2 Å². The second-order valence-corrected chi connectivity index (χ2v) is 5.85. The van der Waals surface area contributed by atoms with Gasteiger partial charge in [-0.25, -0.2) is 0 Å². The summed E-state index contributed by atoms with van der Waals surface area (Å²) in [6, 6.07) is 4.42. The molecule has 0 saturated carbocycles. The van der Waals surface area contributed by atoms with Gasteiger partial charge in [-0.3, -0.25) is 0 Å². The summed E-state index contributed by atoms with van der Waals surface area (Å²) in [7, 11) is 0. The van der Waals surface area contributed by atoms with Gasteiger partial charge in [0, 0.05) is 29.4 Å². The fourth-order valence-electron chi connectivity index (χ4n) is 1.84. The van der Waals surface area contributed by atoms with Gasteiger partial charge in [0.1, 0.15) is 0 Å². The zero-order chi connectivity index (χ0) is 12.5. The van der Waals surface area contributed by atoms with Gasteiger partial charge in [-0.05, 0) is 38.6 Å². The van der Waals surface area contributed by atoms with E-state index >= 15 is 0 Å². The molecule has 98 valence electrons. The molecule has 0 unspecified atom stereocenters. The number of aryl methyl sites for hydroxylation is 1. The number of hydrogen-bond acceptors (Lipinski definition) is 3. The van der Waals surface area contributed by atoms with Crippen LogP contribution >= 0.6 is 11.3 Å². The summed E-state index contributed by atoms with van der Waals surface area (Å²) >= 11 is 1.89. The summed E-state index contributed by atoms with van der Waals surface area (Å²) in [5.41, 5.74) is 0. The van der Waals surface area contributed by atoms with Gasteiger partial charge in [0.2, 0.25) is 0 Å². The maximum Gasteiger partial charge on any atom is 0.0300 e. The van der Waals surface area contributed by atoms with Gasteiger partial charge in [-0.15, -0.1) is 11.3 Å². The third kappa shape index (κ3) is 6.20. The minimum atomic E-state index is 1.02. The molecule has 0 radical (unpaired) electrons. The molecule has 0 bridgehead atoms. The molecule has 0 aliphatic rings. The van der Waals surface area contributed by atoms with E-state index in [2.05, 4.69) is 43.1 Å². The molecule has 1 aromatic rings. The van der Waals surface area contributed by atoms with E-state index in [0.717, 1.165) is 13.1 Å². The van der Waals surface area contributed by atoms with Gasteiger partial charge >= 0.3 is 0 Å². The highest BCUT2D eigenvalue weighted by Gasteiger charge is 2.01. The van der Waals surface area contributed by atoms with E-state index in [1.54, 1.807) is 0 Å². The zero-order valence-corrected chi connectivity index (χ0v) is 12.3. The molecule has 1 N–H and O–H groups in total. The molecule has 2 nitrogen and oxygen atoms in total. The Kier molecular flexibility index (Phi) is 7.49. The molecule has 0 fully saturated rings. The maximum absolute atomic E-state index is 3.52. The lowest BCUT2D eigenvalue weighted by Gasteiger charge is -2.20. The maximum atomic E-state index is 3.52. The van der Waals surface area contributed by atoms with E-state index in [9.17, 15) is 0 Å². The van der Waals surface area contributed by atoms with Crippen molar-refractivity contribution in [3.05, 3.63) is 21.9 Å². The van der Waals surface area contributed by atoms with Crippen LogP contribution in [0.25, 0.3) is 0 Å². The van der Waals surface area contributed by atoms with Gasteiger partial charge in [0.05, 0.1) is 0 Å². The van der Waals surface area contributed by atoms with Crippen LogP contribution in [-0.4, -0.2) is 31.1 Å². The average molecular weight is 254 g/mol. The summed E-state index contributed by atoms with van der Waals surface area (Å²) < 4.78 is 0. The quantitative estimate of drug-likeness (QED) is 0.680. The molecule has 3 heteroatoms. The second-order valence-electron chi connectivity index (χ2n) is 4.48. The van der Waals surface area contributed by atoms with Gasteiger partial charge in [0.25, 0.3) is 0 Å². The normalized spacial score (nSPS) is 11.3. The highest BCUT2D eigenvalue weighted by atomic mass is 32.1. The molecular formula is C14H26N2S. The van der Waals surface area contributed by atoms with Gasteiger partial charge in [-0.2, -0.15) is 0 Å². The van der Waals surface area contributed by atoms with E-state index in [0.29, 0.717) is 0 Å². The lowest BCUT2D eigenvalue weighted by Crippen LogP contribution is -2.32. The van der Waals surface area contributed by atoms with Crippen LogP contribution in [0.5, 0.6) is 0 Å². The summed E-state index contributed by atoms with van der Waals surface area (Å²) in [6.07, 6.45) is 2.61. The predicted octanol–water partition coefficient (Wildman–Crippen LogP) is 3.27. The molecule has 0 saturated heterocycles. The smallest absolute Gasteiger partial charge is 0.0300 e. The van der Waals surface area contributed by atoms with E-state index < -0.39 is 0 Å². The van der Waals surface area contributed by atoms with Gasteiger partial charge < -0.3 is 10.2 Å². The predicted molar refractivity (Wildman–Crippen MR) is 77.8 cm³/mol. The standard InChI is InChI=1S/C14H26N2S/c1-4-6-10-16(5-2)11-9-15-12-14-8-7-13(3)17-14/h7-8,15H,4-6,9-12H2,1-3H3. The number of likely N-dealkylation sites (N-methyl/N-ethyl adjacent to an activating group) is 1. The minimum absolute atomic E-state index is 1.02. The minimum Gasteiger partial charge on any atom is -0.311 e. The van der Waals surface area contributed by atoms with E-state index in [1.807, 2.05) is 11.3 Å². The summed E-state index contributed by atoms with van der Waals surface area (Å²) in [4.78, 5) is 5.37. The van der Waals surface area contributed by atoms with Crippen LogP contribution in [-0.2, 0) is 6.54 Å². The first kappa shape index (κ1) is 14.7. The third-order valence-electron chi connectivity index (χ3n) is 2.98. The molecular weight excluding hydrogens is 228 g/mol. The average Bonchev–Trinajstić information content (AvgIpc) is 2.74. The Bertz CT molecular complexity index is 296. The van der Waals surface area contributed by atoms with Crippen LogP contribution in [0.15, 0.2) is 12.1 Å². The number of nitrogens with one attached hydrogen (secondary N) is 1. The van der Waals surface area contributed by atoms with E-state index in [4.69, 9.17) is 0 Å². The molecule has 0 amide bonds. The van der Waals surface area contributed by atoms with E-state index in [1.165, 1.54) is 42.2 Å². The van der Waals surface area contributed by atoms with E-state index in [-0.39, 0.29) is 0 Å². The Balaban J connectivity index is 2.09. The molecule has 1 aromatic heterocycles. The van der Waals surface area contributed by atoms with Crippen LogP contribution < -0.4 is 5.32 Å². The molecule has 0 aliphatic carbocycles. The van der Waals surface area contributed by atoms with Crippen molar-refractivity contribution in [3.63, 3.8) is 0 Å². The number of hydrogen-bond donors (Lipinski definition) is 1. The largest absolute Gasteiger partial charge is 0.311 e. The van der Waals surface area contributed by atoms with Crippen molar-refractivity contribution in [2.45, 2.75) is 40.2 Å². The molecule has 0 aliphatic heterocycles. The fourth-order valence-corrected chi connectivity index (χ4v) is 2.70. The van der Waals surface area contributed by atoms with Crippen molar-refractivity contribution in [1.29, 1.82) is 0 Å². The van der Waals surface area contributed by atoms with Crippen molar-refractivity contribution < 1.29 is 0 Å². The van der Waals surface area contributed by atoms with Crippen molar-refractivity contribution in [2.24, 2.45) is 0 Å². The van der Waals surface area contributed by atoms with Gasteiger partial charge in [-0.1, -0.05) is 20.3 Å². The van der Waals surface area contributed by atoms with Crippen molar-refractivity contribution in [3.8, 4) is 0 Å². The van der Waals surface area contributed by atoms with Crippen LogP contribution in [0.2, 0.25) is 0 Å². The number of rotatable bonds is 9. The fraction of sp³-hybridized carbons (Fsp3) is 0.714. The first-order valence-electron chi connectivity index (χ1n) is 6.74. The Morgan fingerprint density at radius 1 is 1.24 bits per heavy atom. The lowest BCUT2D eigenvalue weighted by atomic mass is 10.3. The summed E-state index contributed by atoms with van der Waals surface area (Å²) in [5, 5.41) is 3.52.